The van der Waals surface area contributed by atoms with Gasteiger partial charge in [0.15, 0.2) is 0 Å². The van der Waals surface area contributed by atoms with Gasteiger partial charge in [-0.15, -0.1) is 0 Å². The molecule has 0 bridgehead atoms. The van der Waals surface area contributed by atoms with Crippen molar-refractivity contribution < 1.29 is 5.11 Å². The van der Waals surface area contributed by atoms with Crippen LogP contribution in [0.3, 0.4) is 0 Å². The van der Waals surface area contributed by atoms with E-state index >= 15 is 0 Å². The topological polar surface area (TPSA) is 96.1 Å². The molecule has 0 saturated carbocycles. The van der Waals surface area contributed by atoms with Crippen molar-refractivity contribution in [1.29, 1.82) is 0 Å². The van der Waals surface area contributed by atoms with Crippen LogP contribution < -0.4 is 16.6 Å². The fourth-order valence-corrected chi connectivity index (χ4v) is 0.933. The third-order valence-electron chi connectivity index (χ3n) is 2.20. The van der Waals surface area contributed by atoms with Crippen molar-refractivity contribution in [2.75, 3.05) is 17.3 Å². The van der Waals surface area contributed by atoms with E-state index in [9.17, 15) is 5.11 Å². The zero-order valence-corrected chi connectivity index (χ0v) is 8.99. The molecule has 6 nitrogen and oxygen atoms in total. The van der Waals surface area contributed by atoms with Crippen LogP contribution in [0.1, 0.15) is 20.3 Å². The van der Waals surface area contributed by atoms with Crippen LogP contribution >= 0.6 is 0 Å². The van der Waals surface area contributed by atoms with Gasteiger partial charge in [-0.3, -0.25) is 5.43 Å². The van der Waals surface area contributed by atoms with E-state index in [1.807, 2.05) is 6.92 Å². The molecule has 0 radical (unpaired) electrons. The van der Waals surface area contributed by atoms with Crippen molar-refractivity contribution in [3.8, 4) is 0 Å². The molecular formula is C9H17N5O. The van der Waals surface area contributed by atoms with Crippen LogP contribution in [0.2, 0.25) is 0 Å². The second-order valence-corrected chi connectivity index (χ2v) is 3.61. The van der Waals surface area contributed by atoms with E-state index in [1.54, 1.807) is 19.2 Å². The van der Waals surface area contributed by atoms with Crippen molar-refractivity contribution in [3.63, 3.8) is 0 Å². The number of rotatable bonds is 5. The molecule has 5 N–H and O–H groups in total. The summed E-state index contributed by atoms with van der Waals surface area (Å²) in [6.45, 7) is 4.13. The number of hydrogen-bond acceptors (Lipinski definition) is 6. The quantitative estimate of drug-likeness (QED) is 0.414. The van der Waals surface area contributed by atoms with Crippen molar-refractivity contribution in [3.05, 3.63) is 12.3 Å². The molecule has 0 aliphatic rings. The third kappa shape index (κ3) is 3.69. The van der Waals surface area contributed by atoms with Crippen molar-refractivity contribution in [2.24, 2.45) is 5.84 Å². The van der Waals surface area contributed by atoms with Crippen LogP contribution in [0.4, 0.5) is 11.8 Å². The minimum atomic E-state index is -0.735. The lowest BCUT2D eigenvalue weighted by Gasteiger charge is -2.21. The summed E-state index contributed by atoms with van der Waals surface area (Å²) in [5.41, 5.74) is 1.62. The Morgan fingerprint density at radius 1 is 1.60 bits per heavy atom. The number of anilines is 2. The van der Waals surface area contributed by atoms with Crippen molar-refractivity contribution in [2.45, 2.75) is 25.9 Å². The van der Waals surface area contributed by atoms with Gasteiger partial charge in [0, 0.05) is 12.7 Å². The number of nitrogen functional groups attached to an aromatic ring is 1. The maximum absolute atomic E-state index is 9.76. The number of aliphatic hydroxyl groups is 1. The predicted molar refractivity (Wildman–Crippen MR) is 59.2 cm³/mol. The molecule has 84 valence electrons. The summed E-state index contributed by atoms with van der Waals surface area (Å²) in [7, 11) is 0. The van der Waals surface area contributed by atoms with Gasteiger partial charge >= 0.3 is 0 Å². The summed E-state index contributed by atoms with van der Waals surface area (Å²) < 4.78 is 0. The molecule has 0 amide bonds. The summed E-state index contributed by atoms with van der Waals surface area (Å²) in [6.07, 6.45) is 2.26. The van der Waals surface area contributed by atoms with Crippen LogP contribution in [0.5, 0.6) is 0 Å². The van der Waals surface area contributed by atoms with Gasteiger partial charge < -0.3 is 10.4 Å². The van der Waals surface area contributed by atoms with Gasteiger partial charge in [0.25, 0.3) is 0 Å². The Bertz CT molecular complexity index is 315. The van der Waals surface area contributed by atoms with E-state index in [1.165, 1.54) is 0 Å². The smallest absolute Gasteiger partial charge is 0.239 e. The highest BCUT2D eigenvalue weighted by molar-refractivity contribution is 5.39. The van der Waals surface area contributed by atoms with E-state index in [2.05, 4.69) is 20.7 Å². The first-order valence-corrected chi connectivity index (χ1v) is 4.83. The molecule has 0 saturated heterocycles. The second-order valence-electron chi connectivity index (χ2n) is 3.61. The molecule has 15 heavy (non-hydrogen) atoms. The third-order valence-corrected chi connectivity index (χ3v) is 2.20. The Morgan fingerprint density at radius 3 is 2.93 bits per heavy atom. The Labute approximate surface area is 88.9 Å². The van der Waals surface area contributed by atoms with Crippen molar-refractivity contribution >= 4 is 11.8 Å². The van der Waals surface area contributed by atoms with Crippen LogP contribution in [0.15, 0.2) is 12.3 Å². The van der Waals surface area contributed by atoms with Crippen LogP contribution in [0.25, 0.3) is 0 Å². The number of nitrogens with zero attached hydrogens (tertiary/aromatic N) is 2. The molecule has 1 aromatic rings. The zero-order valence-electron chi connectivity index (χ0n) is 8.99. The molecule has 0 spiro atoms. The maximum Gasteiger partial charge on any atom is 0.239 e. The maximum atomic E-state index is 9.76. The molecule has 1 heterocycles. The van der Waals surface area contributed by atoms with Gasteiger partial charge in [0.2, 0.25) is 5.95 Å². The SMILES string of the molecule is CCC(C)(O)CNc1ccnc(NN)n1. The van der Waals surface area contributed by atoms with E-state index in [4.69, 9.17) is 5.84 Å². The summed E-state index contributed by atoms with van der Waals surface area (Å²) in [4.78, 5) is 7.93. The predicted octanol–water partition coefficient (Wildman–Crippen LogP) is 0.335. The lowest BCUT2D eigenvalue weighted by molar-refractivity contribution is 0.0696. The Morgan fingerprint density at radius 2 is 2.33 bits per heavy atom. The van der Waals surface area contributed by atoms with Crippen LogP contribution in [0, 0.1) is 0 Å². The normalized spacial score (nSPS) is 14.4. The molecule has 0 aliphatic carbocycles. The molecule has 1 aromatic heterocycles. The minimum Gasteiger partial charge on any atom is -0.388 e. The van der Waals surface area contributed by atoms with Crippen LogP contribution in [-0.4, -0.2) is 27.2 Å². The van der Waals surface area contributed by atoms with Gasteiger partial charge in [0.1, 0.15) is 5.82 Å². The van der Waals surface area contributed by atoms with E-state index in [0.717, 1.165) is 0 Å². The van der Waals surface area contributed by atoms with Gasteiger partial charge in [-0.1, -0.05) is 6.92 Å². The summed E-state index contributed by atoms with van der Waals surface area (Å²) in [6, 6.07) is 1.71. The minimum absolute atomic E-state index is 0.344. The first-order valence-electron chi connectivity index (χ1n) is 4.83. The molecule has 1 atom stereocenters. The average Bonchev–Trinajstić information content (AvgIpc) is 2.27. The first kappa shape index (κ1) is 11.7. The molecule has 0 aromatic carbocycles. The number of aromatic nitrogens is 2. The first-order chi connectivity index (χ1) is 7.07. The standard InChI is InChI=1S/C9H17N5O/c1-3-9(2,15)6-12-7-4-5-11-8(13-7)14-10/h4-5,15H,3,6,10H2,1-2H3,(H2,11,12,13,14). The molecule has 1 rings (SSSR count). The van der Waals surface area contributed by atoms with Gasteiger partial charge in [-0.25, -0.2) is 10.8 Å². The number of nitrogens with one attached hydrogen (secondary N) is 2. The molecular weight excluding hydrogens is 194 g/mol. The Kier molecular flexibility index (Phi) is 3.81. The van der Waals surface area contributed by atoms with E-state index in [0.29, 0.717) is 24.7 Å². The van der Waals surface area contributed by atoms with Gasteiger partial charge in [0.05, 0.1) is 5.60 Å². The van der Waals surface area contributed by atoms with Gasteiger partial charge in [-0.2, -0.15) is 4.98 Å². The molecule has 6 heteroatoms. The molecule has 0 fully saturated rings. The lowest BCUT2D eigenvalue weighted by atomic mass is 10.0. The number of hydrogen-bond donors (Lipinski definition) is 4. The Hall–Kier alpha value is -1.40. The highest BCUT2D eigenvalue weighted by Crippen LogP contribution is 2.10. The number of hydrazine groups is 1. The highest BCUT2D eigenvalue weighted by Gasteiger charge is 2.16. The average molecular weight is 211 g/mol. The Balaban J connectivity index is 2.57. The van der Waals surface area contributed by atoms with Gasteiger partial charge in [-0.05, 0) is 19.4 Å². The lowest BCUT2D eigenvalue weighted by Crippen LogP contribution is -2.32. The summed E-state index contributed by atoms with van der Waals surface area (Å²) in [5, 5.41) is 12.8. The fraction of sp³-hybridized carbons (Fsp3) is 0.556. The second kappa shape index (κ2) is 4.90. The number of nitrogens with two attached hydrogens (primary N) is 1. The molecule has 0 aliphatic heterocycles. The van der Waals surface area contributed by atoms with E-state index in [-0.39, 0.29) is 0 Å². The van der Waals surface area contributed by atoms with Crippen LogP contribution in [-0.2, 0) is 0 Å². The fourth-order valence-electron chi connectivity index (χ4n) is 0.933. The zero-order chi connectivity index (χ0) is 11.3. The largest absolute Gasteiger partial charge is 0.388 e. The molecule has 1 unspecified atom stereocenters. The summed E-state index contributed by atoms with van der Waals surface area (Å²) in [5.74, 6) is 6.15. The summed E-state index contributed by atoms with van der Waals surface area (Å²) >= 11 is 0. The monoisotopic (exact) mass is 211 g/mol. The van der Waals surface area contributed by atoms with E-state index < -0.39 is 5.60 Å². The van der Waals surface area contributed by atoms with Crippen molar-refractivity contribution in [1.82, 2.24) is 9.97 Å². The highest BCUT2D eigenvalue weighted by atomic mass is 16.3.